The van der Waals surface area contributed by atoms with Crippen molar-refractivity contribution in [1.29, 1.82) is 0 Å². The number of hydrogen-bond acceptors (Lipinski definition) is 5. The molecular weight excluding hydrogens is 304 g/mol. The highest BCUT2D eigenvalue weighted by molar-refractivity contribution is 5.09. The predicted octanol–water partition coefficient (Wildman–Crippen LogP) is 2.58. The maximum absolute atomic E-state index is 9.25. The minimum absolute atomic E-state index is 0.0491. The number of piperidine rings is 1. The summed E-state index contributed by atoms with van der Waals surface area (Å²) >= 11 is 0. The average molecular weight is 332 g/mol. The highest BCUT2D eigenvalue weighted by atomic mass is 16.3. The fourth-order valence-corrected chi connectivity index (χ4v) is 3.52. The molecule has 0 unspecified atom stereocenters. The maximum Gasteiger partial charge on any atom is 0.158 e. The molecular formula is C18H28N4O2. The normalized spacial score (nSPS) is 18.2. The van der Waals surface area contributed by atoms with Gasteiger partial charge in [0.15, 0.2) is 5.82 Å². The molecule has 0 aliphatic carbocycles. The minimum atomic E-state index is -0.0491. The zero-order chi connectivity index (χ0) is 17.1. The fraction of sp³-hybridized carbons (Fsp3) is 0.667. The van der Waals surface area contributed by atoms with Gasteiger partial charge in [0.25, 0.3) is 0 Å². The van der Waals surface area contributed by atoms with Crippen molar-refractivity contribution in [2.75, 3.05) is 19.6 Å². The van der Waals surface area contributed by atoms with Gasteiger partial charge in [0.1, 0.15) is 24.0 Å². The highest BCUT2D eigenvalue weighted by Crippen LogP contribution is 2.28. The fourth-order valence-electron chi connectivity index (χ4n) is 3.52. The van der Waals surface area contributed by atoms with E-state index >= 15 is 0 Å². The van der Waals surface area contributed by atoms with Crippen LogP contribution in [-0.2, 0) is 13.7 Å². The second-order valence-corrected chi connectivity index (χ2v) is 6.95. The number of nitrogens with zero attached hydrogens (tertiary/aromatic N) is 4. The van der Waals surface area contributed by atoms with Crippen molar-refractivity contribution in [1.82, 2.24) is 19.7 Å². The Bertz CT molecular complexity index is 656. The summed E-state index contributed by atoms with van der Waals surface area (Å²) in [6, 6.07) is 4.14. The monoisotopic (exact) mass is 332 g/mol. The van der Waals surface area contributed by atoms with E-state index in [-0.39, 0.29) is 6.61 Å². The molecule has 3 heterocycles. The Labute approximate surface area is 143 Å². The first-order valence-electron chi connectivity index (χ1n) is 8.86. The van der Waals surface area contributed by atoms with E-state index in [1.165, 1.54) is 0 Å². The molecule has 24 heavy (non-hydrogen) atoms. The summed E-state index contributed by atoms with van der Waals surface area (Å²) in [6.07, 6.45) is 3.33. The average Bonchev–Trinajstić information content (AvgIpc) is 3.19. The summed E-state index contributed by atoms with van der Waals surface area (Å²) < 4.78 is 7.68. The Morgan fingerprint density at radius 2 is 2.04 bits per heavy atom. The predicted molar refractivity (Wildman–Crippen MR) is 91.8 cm³/mol. The molecule has 1 aliphatic heterocycles. The van der Waals surface area contributed by atoms with E-state index in [4.69, 9.17) is 4.42 Å². The first-order valence-corrected chi connectivity index (χ1v) is 8.86. The number of aromatic nitrogens is 3. The quantitative estimate of drug-likeness (QED) is 0.880. The van der Waals surface area contributed by atoms with Crippen LogP contribution in [0.1, 0.15) is 61.2 Å². The Kier molecular flexibility index (Phi) is 5.36. The van der Waals surface area contributed by atoms with Crippen LogP contribution < -0.4 is 0 Å². The zero-order valence-corrected chi connectivity index (χ0v) is 14.9. The third-order valence-electron chi connectivity index (χ3n) is 5.22. The van der Waals surface area contributed by atoms with E-state index in [1.54, 1.807) is 0 Å². The molecule has 132 valence electrons. The van der Waals surface area contributed by atoms with E-state index in [9.17, 15) is 5.11 Å². The molecule has 2 aromatic rings. The molecule has 1 saturated heterocycles. The van der Waals surface area contributed by atoms with Gasteiger partial charge in [0.05, 0.1) is 0 Å². The SMILES string of the molecule is Cc1ccc([C@@H](C)CCN2CCC(c3nnc(CO)n3C)CC2)o1. The lowest BCUT2D eigenvalue weighted by molar-refractivity contribution is 0.200. The largest absolute Gasteiger partial charge is 0.466 e. The van der Waals surface area contributed by atoms with E-state index in [0.29, 0.717) is 17.7 Å². The second-order valence-electron chi connectivity index (χ2n) is 6.95. The van der Waals surface area contributed by atoms with Crippen molar-refractivity contribution >= 4 is 0 Å². The topological polar surface area (TPSA) is 67.3 Å². The number of aliphatic hydroxyl groups is 1. The molecule has 0 bridgehead atoms. The molecule has 1 N–H and O–H groups in total. The molecule has 1 fully saturated rings. The van der Waals surface area contributed by atoms with Gasteiger partial charge in [-0.3, -0.25) is 0 Å². The van der Waals surface area contributed by atoms with Crippen molar-refractivity contribution in [3.05, 3.63) is 35.3 Å². The van der Waals surface area contributed by atoms with Crippen LogP contribution in [0.4, 0.5) is 0 Å². The summed E-state index contributed by atoms with van der Waals surface area (Å²) in [5, 5.41) is 17.6. The minimum Gasteiger partial charge on any atom is -0.466 e. The molecule has 0 aromatic carbocycles. The van der Waals surface area contributed by atoms with Gasteiger partial charge in [-0.25, -0.2) is 0 Å². The molecule has 1 aliphatic rings. The van der Waals surface area contributed by atoms with Crippen molar-refractivity contribution in [3.63, 3.8) is 0 Å². The van der Waals surface area contributed by atoms with Crippen LogP contribution in [-0.4, -0.2) is 44.4 Å². The third kappa shape index (κ3) is 3.70. The van der Waals surface area contributed by atoms with Crippen LogP contribution >= 0.6 is 0 Å². The van der Waals surface area contributed by atoms with Gasteiger partial charge < -0.3 is 19.0 Å². The van der Waals surface area contributed by atoms with Crippen LogP contribution in [0, 0.1) is 6.92 Å². The first kappa shape index (κ1) is 17.2. The van der Waals surface area contributed by atoms with Crippen molar-refractivity contribution in [2.24, 2.45) is 7.05 Å². The van der Waals surface area contributed by atoms with Crippen molar-refractivity contribution in [3.8, 4) is 0 Å². The maximum atomic E-state index is 9.25. The molecule has 0 amide bonds. The van der Waals surface area contributed by atoms with Gasteiger partial charge in [-0.2, -0.15) is 0 Å². The van der Waals surface area contributed by atoms with Crippen molar-refractivity contribution in [2.45, 2.75) is 51.6 Å². The van der Waals surface area contributed by atoms with Crippen LogP contribution in [0.3, 0.4) is 0 Å². The number of likely N-dealkylation sites (tertiary alicyclic amines) is 1. The number of hydrogen-bond donors (Lipinski definition) is 1. The van der Waals surface area contributed by atoms with Crippen LogP contribution in [0.2, 0.25) is 0 Å². The van der Waals surface area contributed by atoms with E-state index in [0.717, 1.165) is 56.2 Å². The van der Waals surface area contributed by atoms with Crippen molar-refractivity contribution < 1.29 is 9.52 Å². The second kappa shape index (κ2) is 7.49. The summed E-state index contributed by atoms with van der Waals surface area (Å²) in [4.78, 5) is 2.53. The van der Waals surface area contributed by atoms with E-state index in [2.05, 4.69) is 28.1 Å². The molecule has 3 rings (SSSR count). The third-order valence-corrected chi connectivity index (χ3v) is 5.22. The summed E-state index contributed by atoms with van der Waals surface area (Å²) in [6.45, 7) is 7.48. The van der Waals surface area contributed by atoms with Crippen LogP contribution in [0.25, 0.3) is 0 Å². The zero-order valence-electron chi connectivity index (χ0n) is 14.9. The molecule has 0 spiro atoms. The Hall–Kier alpha value is -1.66. The molecule has 2 aromatic heterocycles. The number of furan rings is 1. The van der Waals surface area contributed by atoms with Gasteiger partial charge >= 0.3 is 0 Å². The molecule has 6 heteroatoms. The van der Waals surface area contributed by atoms with Gasteiger partial charge in [-0.15, -0.1) is 10.2 Å². The molecule has 6 nitrogen and oxygen atoms in total. The van der Waals surface area contributed by atoms with E-state index < -0.39 is 0 Å². The highest BCUT2D eigenvalue weighted by Gasteiger charge is 2.25. The summed E-state index contributed by atoms with van der Waals surface area (Å²) in [7, 11) is 1.94. The summed E-state index contributed by atoms with van der Waals surface area (Å²) in [5.74, 6) is 4.65. The number of rotatable bonds is 6. The molecule has 1 atom stereocenters. The number of aliphatic hydroxyl groups excluding tert-OH is 1. The van der Waals surface area contributed by atoms with E-state index in [1.807, 2.05) is 24.6 Å². The smallest absolute Gasteiger partial charge is 0.158 e. The molecule has 0 saturated carbocycles. The molecule has 0 radical (unpaired) electrons. The lowest BCUT2D eigenvalue weighted by Crippen LogP contribution is -2.34. The Morgan fingerprint density at radius 3 is 2.62 bits per heavy atom. The van der Waals surface area contributed by atoms with Gasteiger partial charge in [-0.1, -0.05) is 6.92 Å². The van der Waals surface area contributed by atoms with Gasteiger partial charge in [-0.05, 0) is 58.0 Å². The number of aryl methyl sites for hydroxylation is 1. The lowest BCUT2D eigenvalue weighted by Gasteiger charge is -2.31. The van der Waals surface area contributed by atoms with Crippen LogP contribution in [0.5, 0.6) is 0 Å². The first-order chi connectivity index (χ1) is 11.6. The standard InChI is InChI=1S/C18H28N4O2/c1-13(16-5-4-14(2)24-16)6-9-22-10-7-15(8-11-22)18-20-19-17(12-23)21(18)3/h4-5,13,15,23H,6-12H2,1-3H3/t13-/m0/s1. The Morgan fingerprint density at radius 1 is 1.29 bits per heavy atom. The summed E-state index contributed by atoms with van der Waals surface area (Å²) in [5.41, 5.74) is 0. The van der Waals surface area contributed by atoms with Crippen LogP contribution in [0.15, 0.2) is 16.5 Å². The van der Waals surface area contributed by atoms with Gasteiger partial charge in [0, 0.05) is 18.9 Å². The Balaban J connectivity index is 1.47. The lowest BCUT2D eigenvalue weighted by atomic mass is 9.95. The van der Waals surface area contributed by atoms with Gasteiger partial charge in [0.2, 0.25) is 0 Å².